The average Bonchev–Trinajstić information content (AvgIpc) is 2.52. The molecule has 1 aromatic heterocycles. The van der Waals surface area contributed by atoms with E-state index in [1.807, 2.05) is 0 Å². The van der Waals surface area contributed by atoms with Crippen molar-refractivity contribution in [2.24, 2.45) is 0 Å². The van der Waals surface area contributed by atoms with Crippen LogP contribution in [0.5, 0.6) is 12.0 Å². The molecule has 0 unspecified atom stereocenters. The van der Waals surface area contributed by atoms with Gasteiger partial charge in [0.2, 0.25) is 5.95 Å². The average molecular weight is 281 g/mol. The molecular weight excluding hydrogens is 258 g/mol. The van der Waals surface area contributed by atoms with E-state index >= 15 is 0 Å². The molecule has 0 aliphatic carbocycles. The Bertz CT molecular complexity index is 399. The van der Waals surface area contributed by atoms with Gasteiger partial charge in [-0.15, -0.1) is 4.98 Å². The summed E-state index contributed by atoms with van der Waals surface area (Å²) < 4.78 is 10.2. The number of methoxy groups -OCH3 is 2. The van der Waals surface area contributed by atoms with Crippen LogP contribution < -0.4 is 19.7 Å². The molecule has 0 bridgehead atoms. The molecular formula is C13H23N5O2. The van der Waals surface area contributed by atoms with Gasteiger partial charge in [-0.1, -0.05) is 6.92 Å². The van der Waals surface area contributed by atoms with E-state index in [1.54, 1.807) is 14.2 Å². The van der Waals surface area contributed by atoms with Gasteiger partial charge >= 0.3 is 12.0 Å². The highest BCUT2D eigenvalue weighted by Crippen LogP contribution is 2.20. The maximum absolute atomic E-state index is 5.08. The zero-order valence-corrected chi connectivity index (χ0v) is 12.4. The number of nitrogens with zero attached hydrogens (tertiary/aromatic N) is 4. The summed E-state index contributed by atoms with van der Waals surface area (Å²) in [5.41, 5.74) is 0. The topological polar surface area (TPSA) is 72.4 Å². The molecule has 2 heterocycles. The van der Waals surface area contributed by atoms with E-state index in [9.17, 15) is 0 Å². The molecule has 1 saturated heterocycles. The molecule has 7 nitrogen and oxygen atoms in total. The molecule has 1 aromatic rings. The predicted molar refractivity (Wildman–Crippen MR) is 76.5 cm³/mol. The minimum Gasteiger partial charge on any atom is -0.467 e. The summed E-state index contributed by atoms with van der Waals surface area (Å²) >= 11 is 0. The van der Waals surface area contributed by atoms with Crippen LogP contribution in [0.1, 0.15) is 26.2 Å². The normalized spacial score (nSPS) is 16.2. The summed E-state index contributed by atoms with van der Waals surface area (Å²) in [7, 11) is 3.08. The van der Waals surface area contributed by atoms with E-state index in [-0.39, 0.29) is 12.0 Å². The summed E-state index contributed by atoms with van der Waals surface area (Å²) in [6.07, 6.45) is 3.36. The van der Waals surface area contributed by atoms with Crippen LogP contribution in [0.3, 0.4) is 0 Å². The Hall–Kier alpha value is -1.63. The van der Waals surface area contributed by atoms with Crippen molar-refractivity contribution in [2.75, 3.05) is 38.8 Å². The van der Waals surface area contributed by atoms with Crippen molar-refractivity contribution in [3.05, 3.63) is 0 Å². The lowest BCUT2D eigenvalue weighted by Crippen LogP contribution is -2.43. The van der Waals surface area contributed by atoms with Crippen molar-refractivity contribution in [3.63, 3.8) is 0 Å². The Labute approximate surface area is 119 Å². The number of aromatic nitrogens is 3. The first-order valence-corrected chi connectivity index (χ1v) is 7.09. The molecule has 1 fully saturated rings. The van der Waals surface area contributed by atoms with Crippen LogP contribution in [-0.4, -0.2) is 54.8 Å². The van der Waals surface area contributed by atoms with Gasteiger partial charge in [0.25, 0.3) is 0 Å². The van der Waals surface area contributed by atoms with Crippen LogP contribution in [0, 0.1) is 0 Å². The monoisotopic (exact) mass is 281 g/mol. The third-order valence-electron chi connectivity index (χ3n) is 3.41. The largest absolute Gasteiger partial charge is 0.467 e. The first-order valence-electron chi connectivity index (χ1n) is 7.09. The minimum absolute atomic E-state index is 0.290. The quantitative estimate of drug-likeness (QED) is 0.829. The van der Waals surface area contributed by atoms with Crippen molar-refractivity contribution in [1.29, 1.82) is 0 Å². The number of nitrogens with one attached hydrogen (secondary N) is 1. The fourth-order valence-corrected chi connectivity index (χ4v) is 2.28. The number of rotatable bonds is 6. The zero-order chi connectivity index (χ0) is 14.4. The summed E-state index contributed by atoms with van der Waals surface area (Å²) in [6.45, 7) is 5.12. The van der Waals surface area contributed by atoms with E-state index in [4.69, 9.17) is 9.47 Å². The molecule has 1 aliphatic heterocycles. The van der Waals surface area contributed by atoms with Gasteiger partial charge in [-0.25, -0.2) is 0 Å². The third-order valence-corrected chi connectivity index (χ3v) is 3.41. The molecule has 0 atom stereocenters. The van der Waals surface area contributed by atoms with Crippen molar-refractivity contribution in [3.8, 4) is 12.0 Å². The fraction of sp³-hybridized carbons (Fsp3) is 0.769. The molecule has 112 valence electrons. The fourth-order valence-electron chi connectivity index (χ4n) is 2.28. The van der Waals surface area contributed by atoms with Crippen LogP contribution in [-0.2, 0) is 0 Å². The first kappa shape index (κ1) is 14.8. The van der Waals surface area contributed by atoms with Gasteiger partial charge in [-0.3, -0.25) is 0 Å². The number of hydrogen-bond acceptors (Lipinski definition) is 7. The molecule has 1 N–H and O–H groups in total. The van der Waals surface area contributed by atoms with Gasteiger partial charge in [0.05, 0.1) is 14.2 Å². The van der Waals surface area contributed by atoms with Crippen LogP contribution in [0.4, 0.5) is 5.95 Å². The summed E-state index contributed by atoms with van der Waals surface area (Å²) in [4.78, 5) is 14.7. The molecule has 0 radical (unpaired) electrons. The second kappa shape index (κ2) is 7.23. The molecule has 20 heavy (non-hydrogen) atoms. The van der Waals surface area contributed by atoms with Crippen molar-refractivity contribution >= 4 is 5.95 Å². The Morgan fingerprint density at radius 2 is 1.70 bits per heavy atom. The Morgan fingerprint density at radius 1 is 1.10 bits per heavy atom. The molecule has 2 rings (SSSR count). The molecule has 0 amide bonds. The lowest BCUT2D eigenvalue weighted by atomic mass is 10.1. The first-order chi connectivity index (χ1) is 9.76. The smallest absolute Gasteiger partial charge is 0.324 e. The maximum atomic E-state index is 5.08. The van der Waals surface area contributed by atoms with E-state index in [0.717, 1.165) is 32.5 Å². The van der Waals surface area contributed by atoms with Crippen molar-refractivity contribution < 1.29 is 9.47 Å². The predicted octanol–water partition coefficient (Wildman–Crippen LogP) is 0.857. The van der Waals surface area contributed by atoms with Gasteiger partial charge in [-0.05, 0) is 25.8 Å². The lowest BCUT2D eigenvalue weighted by molar-refractivity contribution is 0.338. The molecule has 0 spiro atoms. The van der Waals surface area contributed by atoms with Gasteiger partial charge in [0.15, 0.2) is 0 Å². The van der Waals surface area contributed by atoms with Crippen LogP contribution in [0.2, 0.25) is 0 Å². The standard InChI is InChI=1S/C13H23N5O2/c1-4-7-14-10-5-8-18(9-6-10)11-15-12(19-2)17-13(16-11)20-3/h10,14H,4-9H2,1-3H3. The maximum Gasteiger partial charge on any atom is 0.324 e. The van der Waals surface area contributed by atoms with E-state index in [1.165, 1.54) is 6.42 Å². The van der Waals surface area contributed by atoms with Crippen molar-refractivity contribution in [1.82, 2.24) is 20.3 Å². The number of ether oxygens (including phenoxy) is 2. The van der Waals surface area contributed by atoms with Crippen LogP contribution in [0.25, 0.3) is 0 Å². The minimum atomic E-state index is 0.290. The van der Waals surface area contributed by atoms with E-state index in [0.29, 0.717) is 12.0 Å². The number of anilines is 1. The molecule has 7 heteroatoms. The van der Waals surface area contributed by atoms with E-state index in [2.05, 4.69) is 32.1 Å². The summed E-state index contributed by atoms with van der Waals surface area (Å²) in [5, 5.41) is 3.56. The molecule has 1 aliphatic rings. The number of hydrogen-bond donors (Lipinski definition) is 1. The second-order valence-corrected chi connectivity index (χ2v) is 4.82. The summed E-state index contributed by atoms with van der Waals surface area (Å²) in [6, 6.07) is 1.17. The Kier molecular flexibility index (Phi) is 5.34. The van der Waals surface area contributed by atoms with Gasteiger partial charge in [0, 0.05) is 19.1 Å². The molecule has 0 aromatic carbocycles. The van der Waals surface area contributed by atoms with Crippen LogP contribution >= 0.6 is 0 Å². The number of piperidine rings is 1. The van der Waals surface area contributed by atoms with Crippen LogP contribution in [0.15, 0.2) is 0 Å². The highest BCUT2D eigenvalue weighted by atomic mass is 16.5. The molecule has 0 saturated carbocycles. The Morgan fingerprint density at radius 3 is 2.20 bits per heavy atom. The third kappa shape index (κ3) is 3.69. The summed E-state index contributed by atoms with van der Waals surface area (Å²) in [5.74, 6) is 0.627. The SMILES string of the molecule is CCCNC1CCN(c2nc(OC)nc(OC)n2)CC1. The van der Waals surface area contributed by atoms with Gasteiger partial charge < -0.3 is 19.7 Å². The van der Waals surface area contributed by atoms with Gasteiger partial charge in [-0.2, -0.15) is 9.97 Å². The second-order valence-electron chi connectivity index (χ2n) is 4.82. The highest BCUT2D eigenvalue weighted by Gasteiger charge is 2.21. The lowest BCUT2D eigenvalue weighted by Gasteiger charge is -2.32. The van der Waals surface area contributed by atoms with Gasteiger partial charge in [0.1, 0.15) is 0 Å². The highest BCUT2D eigenvalue weighted by molar-refractivity contribution is 5.32. The van der Waals surface area contributed by atoms with Crippen molar-refractivity contribution in [2.45, 2.75) is 32.2 Å². The zero-order valence-electron chi connectivity index (χ0n) is 12.4. The van der Waals surface area contributed by atoms with E-state index < -0.39 is 0 Å². The Balaban J connectivity index is 1.99.